The first-order chi connectivity index (χ1) is 16.2. The molecule has 2 aromatic rings. The van der Waals surface area contributed by atoms with Crippen LogP contribution in [0.3, 0.4) is 0 Å². The van der Waals surface area contributed by atoms with E-state index in [9.17, 15) is 23.9 Å². The van der Waals surface area contributed by atoms with E-state index in [1.807, 2.05) is 13.8 Å². The average Bonchev–Trinajstić information content (AvgIpc) is 3.60. The first-order valence-corrected chi connectivity index (χ1v) is 11.7. The Balaban J connectivity index is 1.41. The Labute approximate surface area is 198 Å². The maximum Gasteiger partial charge on any atom is 0.254 e. The van der Waals surface area contributed by atoms with Crippen LogP contribution in [0, 0.1) is 11.7 Å². The molecule has 0 bridgehead atoms. The van der Waals surface area contributed by atoms with Crippen LogP contribution in [0.2, 0.25) is 0 Å². The van der Waals surface area contributed by atoms with Crippen LogP contribution in [-0.4, -0.2) is 71.0 Å². The minimum Gasteiger partial charge on any atom is -0.380 e. The van der Waals surface area contributed by atoms with Crippen LogP contribution < -0.4 is 5.32 Å². The summed E-state index contributed by atoms with van der Waals surface area (Å²) in [5, 5.41) is 12.8. The molecule has 1 saturated heterocycles. The normalized spacial score (nSPS) is 17.0. The summed E-state index contributed by atoms with van der Waals surface area (Å²) in [4.78, 5) is 40.9. The summed E-state index contributed by atoms with van der Waals surface area (Å²) in [6.45, 7) is 6.10. The van der Waals surface area contributed by atoms with Crippen molar-refractivity contribution < 1.29 is 23.9 Å². The van der Waals surface area contributed by atoms with Gasteiger partial charge in [0.15, 0.2) is 0 Å². The average molecular weight is 468 g/mol. The summed E-state index contributed by atoms with van der Waals surface area (Å²) >= 11 is 0. The van der Waals surface area contributed by atoms with E-state index in [2.05, 4.69) is 5.32 Å². The molecule has 0 radical (unpaired) electrons. The van der Waals surface area contributed by atoms with E-state index in [0.717, 1.165) is 0 Å². The van der Waals surface area contributed by atoms with E-state index in [0.29, 0.717) is 73.7 Å². The van der Waals surface area contributed by atoms with Gasteiger partial charge in [-0.25, -0.2) is 4.39 Å². The summed E-state index contributed by atoms with van der Waals surface area (Å²) in [5.41, 5.74) is 0.516. The third-order valence-electron chi connectivity index (χ3n) is 6.32. The molecule has 180 valence electrons. The predicted octanol–water partition coefficient (Wildman–Crippen LogP) is 2.69. The second kappa shape index (κ2) is 9.54. The number of hydrogen-bond acceptors (Lipinski definition) is 4. The molecule has 0 atom stereocenters. The number of rotatable bonds is 6. The highest BCUT2D eigenvalue weighted by atomic mass is 19.1. The van der Waals surface area contributed by atoms with Crippen molar-refractivity contribution in [2.45, 2.75) is 32.3 Å². The maximum absolute atomic E-state index is 14.5. The van der Waals surface area contributed by atoms with Crippen molar-refractivity contribution in [3.63, 3.8) is 0 Å². The van der Waals surface area contributed by atoms with Crippen LogP contribution in [-0.2, 0) is 4.79 Å². The third-order valence-corrected chi connectivity index (χ3v) is 6.32. The van der Waals surface area contributed by atoms with Crippen LogP contribution in [0.25, 0.3) is 11.1 Å². The van der Waals surface area contributed by atoms with Crippen molar-refractivity contribution in [1.29, 1.82) is 0 Å². The molecule has 2 N–H and O–H groups in total. The number of halogens is 1. The number of nitrogens with zero attached hydrogens (tertiary/aromatic N) is 2. The second-order valence-electron chi connectivity index (χ2n) is 9.49. The number of carbonyl (C=O) groups is 3. The lowest BCUT2D eigenvalue weighted by Crippen LogP contribution is -2.53. The first kappa shape index (κ1) is 23.9. The van der Waals surface area contributed by atoms with Crippen molar-refractivity contribution in [3.05, 3.63) is 59.4 Å². The maximum atomic E-state index is 14.5. The molecular formula is C26H30FN3O4. The molecule has 0 spiro atoms. The topological polar surface area (TPSA) is 90.0 Å². The summed E-state index contributed by atoms with van der Waals surface area (Å²) in [6.07, 6.45) is 1.01. The first-order valence-electron chi connectivity index (χ1n) is 11.7. The molecule has 3 amide bonds. The molecule has 8 heteroatoms. The van der Waals surface area contributed by atoms with E-state index in [1.165, 1.54) is 18.2 Å². The van der Waals surface area contributed by atoms with Gasteiger partial charge in [-0.15, -0.1) is 0 Å². The van der Waals surface area contributed by atoms with Gasteiger partial charge in [-0.3, -0.25) is 14.4 Å². The van der Waals surface area contributed by atoms with Gasteiger partial charge in [0.05, 0.1) is 0 Å². The lowest BCUT2D eigenvalue weighted by Gasteiger charge is -2.35. The van der Waals surface area contributed by atoms with Gasteiger partial charge in [0, 0.05) is 49.4 Å². The van der Waals surface area contributed by atoms with E-state index >= 15 is 0 Å². The molecule has 4 rings (SSSR count). The second-order valence-corrected chi connectivity index (χ2v) is 9.49. The predicted molar refractivity (Wildman–Crippen MR) is 126 cm³/mol. The highest BCUT2D eigenvalue weighted by Gasteiger charge is 2.50. The van der Waals surface area contributed by atoms with Gasteiger partial charge >= 0.3 is 0 Å². The van der Waals surface area contributed by atoms with Gasteiger partial charge in [-0.1, -0.05) is 26.0 Å². The van der Waals surface area contributed by atoms with Crippen molar-refractivity contribution in [2.75, 3.05) is 32.7 Å². The Bertz CT molecular complexity index is 1090. The summed E-state index contributed by atoms with van der Waals surface area (Å²) < 4.78 is 14.5. The summed E-state index contributed by atoms with van der Waals surface area (Å²) in [6, 6.07) is 10.9. The molecule has 7 nitrogen and oxygen atoms in total. The molecule has 1 aliphatic carbocycles. The van der Waals surface area contributed by atoms with Crippen LogP contribution in [0.5, 0.6) is 0 Å². The molecule has 1 aliphatic heterocycles. The van der Waals surface area contributed by atoms with Crippen molar-refractivity contribution in [2.24, 2.45) is 5.92 Å². The number of piperazine rings is 1. The monoisotopic (exact) mass is 467 g/mol. The fourth-order valence-corrected chi connectivity index (χ4v) is 4.00. The van der Waals surface area contributed by atoms with Crippen molar-refractivity contribution >= 4 is 17.7 Å². The molecule has 2 aliphatic rings. The van der Waals surface area contributed by atoms with Crippen LogP contribution in [0.1, 0.15) is 47.4 Å². The Hall–Kier alpha value is -3.26. The minimum absolute atomic E-state index is 0.161. The summed E-state index contributed by atoms with van der Waals surface area (Å²) in [7, 11) is 0. The fourth-order valence-electron chi connectivity index (χ4n) is 4.00. The van der Waals surface area contributed by atoms with Gasteiger partial charge < -0.3 is 20.2 Å². The minimum atomic E-state index is -1.19. The van der Waals surface area contributed by atoms with E-state index < -0.39 is 11.4 Å². The highest BCUT2D eigenvalue weighted by molar-refractivity contribution is 5.96. The van der Waals surface area contributed by atoms with Crippen LogP contribution in [0.15, 0.2) is 42.5 Å². The third kappa shape index (κ3) is 5.12. The van der Waals surface area contributed by atoms with Gasteiger partial charge in [-0.2, -0.15) is 0 Å². The molecule has 1 heterocycles. The zero-order chi connectivity index (χ0) is 24.5. The molecule has 2 aromatic carbocycles. The molecule has 1 saturated carbocycles. The van der Waals surface area contributed by atoms with E-state index in [4.69, 9.17) is 0 Å². The smallest absolute Gasteiger partial charge is 0.254 e. The van der Waals surface area contributed by atoms with Crippen LogP contribution in [0.4, 0.5) is 4.39 Å². The number of carbonyl (C=O) groups excluding carboxylic acids is 3. The number of amides is 3. The molecule has 2 fully saturated rings. The van der Waals surface area contributed by atoms with Crippen molar-refractivity contribution in [1.82, 2.24) is 15.1 Å². The lowest BCUT2D eigenvalue weighted by molar-refractivity contribution is -0.143. The molecule has 0 aromatic heterocycles. The summed E-state index contributed by atoms with van der Waals surface area (Å²) in [5.74, 6) is -0.801. The fraction of sp³-hybridized carbons (Fsp3) is 0.423. The zero-order valence-corrected chi connectivity index (χ0v) is 19.5. The van der Waals surface area contributed by atoms with E-state index in [1.54, 1.807) is 34.1 Å². The van der Waals surface area contributed by atoms with Gasteiger partial charge in [0.2, 0.25) is 0 Å². The number of nitrogens with one attached hydrogen (secondary N) is 1. The van der Waals surface area contributed by atoms with E-state index in [-0.39, 0.29) is 17.7 Å². The zero-order valence-electron chi connectivity index (χ0n) is 19.5. The SMILES string of the molecule is CC(C)CNC(=O)c1ccc(F)c(-c2ccc(C(=O)N3CCN(C(=O)C4(O)CC4)CC3)cc2)c1. The molecule has 34 heavy (non-hydrogen) atoms. The Morgan fingerprint density at radius 2 is 1.56 bits per heavy atom. The number of benzene rings is 2. The van der Waals surface area contributed by atoms with Crippen LogP contribution >= 0.6 is 0 Å². The van der Waals surface area contributed by atoms with Gasteiger partial charge in [-0.05, 0) is 54.7 Å². The standard InChI is InChI=1S/C26H30FN3O4/c1-17(2)16-28-23(31)20-7-8-22(27)21(15-20)18-3-5-19(6-4-18)24(32)29-11-13-30(14-12-29)25(33)26(34)9-10-26/h3-8,15,17,34H,9-14,16H2,1-2H3,(H,28,31). The highest BCUT2D eigenvalue weighted by Crippen LogP contribution is 2.37. The Morgan fingerprint density at radius 3 is 2.15 bits per heavy atom. The Kier molecular flexibility index (Phi) is 6.70. The number of hydrogen-bond donors (Lipinski definition) is 2. The largest absolute Gasteiger partial charge is 0.380 e. The lowest BCUT2D eigenvalue weighted by atomic mass is 10.00. The van der Waals surface area contributed by atoms with Gasteiger partial charge in [0.25, 0.3) is 17.7 Å². The Morgan fingerprint density at radius 1 is 0.971 bits per heavy atom. The number of aliphatic hydroxyl groups is 1. The van der Waals surface area contributed by atoms with Gasteiger partial charge in [0.1, 0.15) is 11.4 Å². The molecular weight excluding hydrogens is 437 g/mol. The van der Waals surface area contributed by atoms with Crippen molar-refractivity contribution in [3.8, 4) is 11.1 Å². The molecule has 0 unspecified atom stereocenters. The quantitative estimate of drug-likeness (QED) is 0.684.